The lowest BCUT2D eigenvalue weighted by Crippen LogP contribution is -1.96. The molecule has 0 unspecified atom stereocenters. The Morgan fingerprint density at radius 2 is 1.80 bits per heavy atom. The van der Waals surface area contributed by atoms with Gasteiger partial charge in [-0.2, -0.15) is 0 Å². The van der Waals surface area contributed by atoms with Gasteiger partial charge in [0.1, 0.15) is 11.6 Å². The number of aromatic nitrogens is 2. The van der Waals surface area contributed by atoms with Crippen molar-refractivity contribution in [1.29, 1.82) is 0 Å². The molecule has 0 aliphatic carbocycles. The van der Waals surface area contributed by atoms with Crippen molar-refractivity contribution in [3.8, 4) is 11.3 Å². The number of nitrogen functional groups attached to an aromatic ring is 1. The lowest BCUT2D eigenvalue weighted by molar-refractivity contribution is 1.07. The Kier molecular flexibility index (Phi) is 2.56. The molecule has 1 aromatic heterocycles. The molecule has 3 nitrogen and oxygen atoms in total. The summed E-state index contributed by atoms with van der Waals surface area (Å²) in [5.74, 6) is 1.15. The molecule has 15 heavy (non-hydrogen) atoms. The molecule has 1 heterocycles. The van der Waals surface area contributed by atoms with Gasteiger partial charge in [0.15, 0.2) is 0 Å². The van der Waals surface area contributed by atoms with Gasteiger partial charge in [0.05, 0.1) is 5.69 Å². The van der Waals surface area contributed by atoms with E-state index in [1.165, 1.54) is 0 Å². The molecule has 0 spiro atoms. The largest absolute Gasteiger partial charge is 0.384 e. The Bertz CT molecular complexity index is 459. The molecular formula is C11H10ClN3. The Labute approximate surface area is 92.9 Å². The maximum absolute atomic E-state index is 5.80. The number of nitrogens with zero attached hydrogens (tertiary/aromatic N) is 2. The molecule has 0 radical (unpaired) electrons. The van der Waals surface area contributed by atoms with Crippen LogP contribution in [0.1, 0.15) is 5.82 Å². The first kappa shape index (κ1) is 9.93. The summed E-state index contributed by atoms with van der Waals surface area (Å²) in [7, 11) is 0. The number of rotatable bonds is 1. The van der Waals surface area contributed by atoms with Gasteiger partial charge in [0.2, 0.25) is 0 Å². The fourth-order valence-corrected chi connectivity index (χ4v) is 1.49. The number of nitrogens with two attached hydrogens (primary N) is 1. The third kappa shape index (κ3) is 2.25. The normalized spacial score (nSPS) is 10.3. The molecule has 2 aromatic rings. The van der Waals surface area contributed by atoms with Crippen LogP contribution in [0.4, 0.5) is 5.82 Å². The number of halogens is 1. The zero-order valence-electron chi connectivity index (χ0n) is 8.24. The molecule has 0 saturated heterocycles. The van der Waals surface area contributed by atoms with Crippen LogP contribution in [-0.4, -0.2) is 9.97 Å². The number of benzene rings is 1. The van der Waals surface area contributed by atoms with Crippen molar-refractivity contribution < 1.29 is 0 Å². The molecular weight excluding hydrogens is 210 g/mol. The minimum atomic E-state index is 0.479. The van der Waals surface area contributed by atoms with Crippen molar-refractivity contribution in [2.75, 3.05) is 5.73 Å². The van der Waals surface area contributed by atoms with E-state index in [0.717, 1.165) is 11.3 Å². The molecule has 2 rings (SSSR count). The van der Waals surface area contributed by atoms with Gasteiger partial charge in [-0.25, -0.2) is 9.97 Å². The summed E-state index contributed by atoms with van der Waals surface area (Å²) in [6, 6.07) is 9.21. The lowest BCUT2D eigenvalue weighted by atomic mass is 10.1. The summed E-state index contributed by atoms with van der Waals surface area (Å²) in [5.41, 5.74) is 7.45. The van der Waals surface area contributed by atoms with Crippen LogP contribution in [-0.2, 0) is 0 Å². The van der Waals surface area contributed by atoms with Crippen molar-refractivity contribution in [2.24, 2.45) is 0 Å². The number of anilines is 1. The zero-order valence-corrected chi connectivity index (χ0v) is 8.99. The van der Waals surface area contributed by atoms with E-state index in [4.69, 9.17) is 17.3 Å². The second kappa shape index (κ2) is 3.87. The smallest absolute Gasteiger partial charge is 0.128 e. The molecule has 1 aromatic carbocycles. The maximum atomic E-state index is 5.80. The first-order chi connectivity index (χ1) is 7.15. The molecule has 0 aliphatic rings. The fourth-order valence-electron chi connectivity index (χ4n) is 1.36. The standard InChI is InChI=1S/C11H10ClN3/c1-7-14-10(6-11(13)15-7)8-2-4-9(12)5-3-8/h2-6H,1H3,(H2,13,14,15). The third-order valence-electron chi connectivity index (χ3n) is 2.00. The lowest BCUT2D eigenvalue weighted by Gasteiger charge is -2.03. The molecule has 0 fully saturated rings. The van der Waals surface area contributed by atoms with E-state index >= 15 is 0 Å². The van der Waals surface area contributed by atoms with Crippen LogP contribution < -0.4 is 5.73 Å². The molecule has 76 valence electrons. The van der Waals surface area contributed by atoms with Crippen molar-refractivity contribution in [3.63, 3.8) is 0 Å². The van der Waals surface area contributed by atoms with E-state index < -0.39 is 0 Å². The quantitative estimate of drug-likeness (QED) is 0.802. The van der Waals surface area contributed by atoms with Gasteiger partial charge >= 0.3 is 0 Å². The molecule has 0 aliphatic heterocycles. The minimum Gasteiger partial charge on any atom is -0.384 e. The second-order valence-electron chi connectivity index (χ2n) is 3.23. The number of aryl methyl sites for hydroxylation is 1. The summed E-state index contributed by atoms with van der Waals surface area (Å²) in [4.78, 5) is 8.32. The Hall–Kier alpha value is -1.61. The number of hydrogen-bond acceptors (Lipinski definition) is 3. The highest BCUT2D eigenvalue weighted by Gasteiger charge is 2.02. The van der Waals surface area contributed by atoms with E-state index in [9.17, 15) is 0 Å². The Morgan fingerprint density at radius 1 is 1.13 bits per heavy atom. The molecule has 0 amide bonds. The van der Waals surface area contributed by atoms with E-state index in [2.05, 4.69) is 9.97 Å². The SMILES string of the molecule is Cc1nc(N)cc(-c2ccc(Cl)cc2)n1. The summed E-state index contributed by atoms with van der Waals surface area (Å²) in [5, 5.41) is 0.706. The van der Waals surface area contributed by atoms with Gasteiger partial charge in [-0.3, -0.25) is 0 Å². The Balaban J connectivity index is 2.49. The summed E-state index contributed by atoms with van der Waals surface area (Å²) in [6.07, 6.45) is 0. The van der Waals surface area contributed by atoms with Gasteiger partial charge in [0.25, 0.3) is 0 Å². The highest BCUT2D eigenvalue weighted by atomic mass is 35.5. The highest BCUT2D eigenvalue weighted by molar-refractivity contribution is 6.30. The van der Waals surface area contributed by atoms with Crippen LogP contribution in [0.3, 0.4) is 0 Å². The minimum absolute atomic E-state index is 0.479. The van der Waals surface area contributed by atoms with Crippen LogP contribution in [0.5, 0.6) is 0 Å². The highest BCUT2D eigenvalue weighted by Crippen LogP contribution is 2.20. The third-order valence-corrected chi connectivity index (χ3v) is 2.25. The molecule has 4 heteroatoms. The van der Waals surface area contributed by atoms with Gasteiger partial charge in [-0.05, 0) is 19.1 Å². The number of hydrogen-bond donors (Lipinski definition) is 1. The van der Waals surface area contributed by atoms with Crippen LogP contribution in [0, 0.1) is 6.92 Å². The predicted octanol–water partition coefficient (Wildman–Crippen LogP) is 2.69. The van der Waals surface area contributed by atoms with Crippen molar-refractivity contribution in [3.05, 3.63) is 41.2 Å². The van der Waals surface area contributed by atoms with Gasteiger partial charge in [-0.1, -0.05) is 23.7 Å². The Morgan fingerprint density at radius 3 is 2.40 bits per heavy atom. The molecule has 2 N–H and O–H groups in total. The van der Waals surface area contributed by atoms with E-state index in [1.807, 2.05) is 31.2 Å². The second-order valence-corrected chi connectivity index (χ2v) is 3.67. The van der Waals surface area contributed by atoms with Crippen LogP contribution in [0.25, 0.3) is 11.3 Å². The maximum Gasteiger partial charge on any atom is 0.128 e. The predicted molar refractivity (Wildman–Crippen MR) is 61.6 cm³/mol. The van der Waals surface area contributed by atoms with Crippen molar-refractivity contribution >= 4 is 17.4 Å². The first-order valence-electron chi connectivity index (χ1n) is 4.52. The van der Waals surface area contributed by atoms with Gasteiger partial charge in [-0.15, -0.1) is 0 Å². The van der Waals surface area contributed by atoms with Crippen LogP contribution in [0.15, 0.2) is 30.3 Å². The monoisotopic (exact) mass is 219 g/mol. The summed E-state index contributed by atoms with van der Waals surface area (Å²) >= 11 is 5.80. The molecule has 0 bridgehead atoms. The summed E-state index contributed by atoms with van der Waals surface area (Å²) in [6.45, 7) is 1.82. The van der Waals surface area contributed by atoms with Crippen molar-refractivity contribution in [2.45, 2.75) is 6.92 Å². The van der Waals surface area contributed by atoms with Gasteiger partial charge in [0, 0.05) is 16.7 Å². The molecule has 0 atom stereocenters. The average Bonchev–Trinajstić information content (AvgIpc) is 2.17. The zero-order chi connectivity index (χ0) is 10.8. The van der Waals surface area contributed by atoms with Crippen molar-refractivity contribution in [1.82, 2.24) is 9.97 Å². The van der Waals surface area contributed by atoms with E-state index in [1.54, 1.807) is 6.07 Å². The van der Waals surface area contributed by atoms with E-state index in [0.29, 0.717) is 16.7 Å². The van der Waals surface area contributed by atoms with E-state index in [-0.39, 0.29) is 0 Å². The van der Waals surface area contributed by atoms with Gasteiger partial charge < -0.3 is 5.73 Å². The van der Waals surface area contributed by atoms with Crippen LogP contribution in [0.2, 0.25) is 5.02 Å². The summed E-state index contributed by atoms with van der Waals surface area (Å²) < 4.78 is 0. The van der Waals surface area contributed by atoms with Crippen LogP contribution >= 0.6 is 11.6 Å². The topological polar surface area (TPSA) is 51.8 Å². The molecule has 0 saturated carbocycles. The first-order valence-corrected chi connectivity index (χ1v) is 4.90. The fraction of sp³-hybridized carbons (Fsp3) is 0.0909. The average molecular weight is 220 g/mol.